The first-order valence-electron chi connectivity index (χ1n) is 9.49. The van der Waals surface area contributed by atoms with Gasteiger partial charge in [-0.1, -0.05) is 30.3 Å². The summed E-state index contributed by atoms with van der Waals surface area (Å²) in [6, 6.07) is 8.47. The van der Waals surface area contributed by atoms with Crippen molar-refractivity contribution >= 4 is 23.8 Å². The number of nitrogens with zero attached hydrogens (tertiary/aromatic N) is 1. The van der Waals surface area contributed by atoms with Gasteiger partial charge in [-0.05, 0) is 44.1 Å². The number of carbonyl (C=O) groups is 4. The zero-order chi connectivity index (χ0) is 20.3. The number of nitrogens with one attached hydrogen (secondary N) is 2. The van der Waals surface area contributed by atoms with Crippen LogP contribution in [0, 0.1) is 5.92 Å². The van der Waals surface area contributed by atoms with Crippen molar-refractivity contribution in [1.82, 2.24) is 15.5 Å². The quantitative estimate of drug-likeness (QED) is 0.553. The van der Waals surface area contributed by atoms with Crippen LogP contribution in [0.3, 0.4) is 0 Å². The Morgan fingerprint density at radius 2 is 1.96 bits per heavy atom. The lowest BCUT2D eigenvalue weighted by atomic mass is 9.96. The second-order valence-electron chi connectivity index (χ2n) is 7.68. The van der Waals surface area contributed by atoms with Crippen molar-refractivity contribution in [2.75, 3.05) is 6.54 Å². The van der Waals surface area contributed by atoms with Crippen LogP contribution in [-0.4, -0.2) is 51.9 Å². The van der Waals surface area contributed by atoms with Gasteiger partial charge in [0, 0.05) is 12.5 Å². The van der Waals surface area contributed by atoms with Gasteiger partial charge in [0.05, 0.1) is 0 Å². The number of hydrogen-bond donors (Lipinski definition) is 3. The van der Waals surface area contributed by atoms with E-state index in [-0.39, 0.29) is 31.2 Å². The fourth-order valence-corrected chi connectivity index (χ4v) is 3.64. The largest absolute Gasteiger partial charge is 0.481 e. The monoisotopic (exact) mass is 387 g/mol. The molecule has 150 valence electrons. The summed E-state index contributed by atoms with van der Waals surface area (Å²) in [5.74, 6) is -1.67. The molecule has 2 atom stereocenters. The number of carboxylic acid groups (broad SMARTS) is 1. The minimum Gasteiger partial charge on any atom is -0.481 e. The molecule has 1 aromatic carbocycles. The topological polar surface area (TPSA) is 116 Å². The summed E-state index contributed by atoms with van der Waals surface area (Å²) in [4.78, 5) is 49.2. The van der Waals surface area contributed by atoms with Gasteiger partial charge < -0.3 is 15.7 Å². The average Bonchev–Trinajstić information content (AvgIpc) is 3.47. The highest BCUT2D eigenvalue weighted by molar-refractivity contribution is 6.09. The molecule has 2 fully saturated rings. The van der Waals surface area contributed by atoms with Gasteiger partial charge in [0.25, 0.3) is 5.91 Å². The van der Waals surface area contributed by atoms with Gasteiger partial charge in [-0.3, -0.25) is 19.3 Å². The van der Waals surface area contributed by atoms with Crippen LogP contribution >= 0.6 is 0 Å². The molecule has 8 heteroatoms. The summed E-state index contributed by atoms with van der Waals surface area (Å²) in [6.45, 7) is 1.33. The number of benzene rings is 1. The molecular weight excluding hydrogens is 362 g/mol. The fraction of sp³-hybridized carbons (Fsp3) is 0.500. The Kier molecular flexibility index (Phi) is 5.67. The van der Waals surface area contributed by atoms with E-state index in [1.54, 1.807) is 6.92 Å². The summed E-state index contributed by atoms with van der Waals surface area (Å²) in [5.41, 5.74) is 0.0406. The maximum absolute atomic E-state index is 12.6. The van der Waals surface area contributed by atoms with E-state index in [2.05, 4.69) is 10.6 Å². The molecule has 2 unspecified atom stereocenters. The Morgan fingerprint density at radius 3 is 2.57 bits per heavy atom. The van der Waals surface area contributed by atoms with Crippen molar-refractivity contribution < 1.29 is 24.3 Å². The van der Waals surface area contributed by atoms with Crippen molar-refractivity contribution in [3.63, 3.8) is 0 Å². The highest BCUT2D eigenvalue weighted by Gasteiger charge is 2.56. The molecule has 1 saturated carbocycles. The molecule has 0 spiro atoms. The maximum atomic E-state index is 12.6. The third-order valence-electron chi connectivity index (χ3n) is 5.39. The molecule has 0 aromatic heterocycles. The summed E-state index contributed by atoms with van der Waals surface area (Å²) >= 11 is 0. The fourth-order valence-electron chi connectivity index (χ4n) is 3.64. The van der Waals surface area contributed by atoms with Crippen molar-refractivity contribution in [2.24, 2.45) is 5.92 Å². The van der Waals surface area contributed by atoms with E-state index in [0.29, 0.717) is 6.42 Å². The summed E-state index contributed by atoms with van der Waals surface area (Å²) in [5, 5.41) is 14.5. The third kappa shape index (κ3) is 4.49. The van der Waals surface area contributed by atoms with E-state index in [4.69, 9.17) is 5.11 Å². The van der Waals surface area contributed by atoms with Crippen LogP contribution in [0.4, 0.5) is 4.79 Å². The summed E-state index contributed by atoms with van der Waals surface area (Å²) in [6.07, 6.45) is 2.42. The third-order valence-corrected chi connectivity index (χ3v) is 5.39. The van der Waals surface area contributed by atoms with Gasteiger partial charge in [-0.15, -0.1) is 0 Å². The van der Waals surface area contributed by atoms with Crippen LogP contribution in [0.5, 0.6) is 0 Å². The van der Waals surface area contributed by atoms with Crippen LogP contribution in [0.25, 0.3) is 0 Å². The standard InChI is InChI=1S/C20H25N3O5/c1-20(14-7-8-14)18(27)23(19(28)22-20)12-16(24)21-15(9-10-17(25)26)11-13-5-3-2-4-6-13/h2-6,14-15H,7-12H2,1H3,(H,21,24)(H,22,28)(H,25,26). The number of carboxylic acids is 1. The van der Waals surface area contributed by atoms with Crippen LogP contribution in [-0.2, 0) is 20.8 Å². The number of urea groups is 1. The lowest BCUT2D eigenvalue weighted by molar-refractivity contribution is -0.137. The zero-order valence-electron chi connectivity index (χ0n) is 15.8. The molecule has 3 rings (SSSR count). The van der Waals surface area contributed by atoms with Gasteiger partial charge >= 0.3 is 12.0 Å². The number of carbonyl (C=O) groups excluding carboxylic acids is 3. The smallest absolute Gasteiger partial charge is 0.325 e. The Bertz CT molecular complexity index is 777. The second kappa shape index (κ2) is 8.00. The Morgan fingerprint density at radius 1 is 1.29 bits per heavy atom. The lowest BCUT2D eigenvalue weighted by Gasteiger charge is -2.22. The molecule has 2 aliphatic rings. The van der Waals surface area contributed by atoms with Crippen LogP contribution in [0.1, 0.15) is 38.2 Å². The first kappa shape index (κ1) is 19.9. The number of imide groups is 1. The first-order chi connectivity index (χ1) is 13.3. The van der Waals surface area contributed by atoms with Crippen molar-refractivity contribution in [1.29, 1.82) is 0 Å². The number of aliphatic carboxylic acids is 1. The van der Waals surface area contributed by atoms with Crippen LogP contribution in [0.2, 0.25) is 0 Å². The second-order valence-corrected chi connectivity index (χ2v) is 7.68. The van der Waals surface area contributed by atoms with E-state index in [1.807, 2.05) is 30.3 Å². The molecule has 1 aliphatic heterocycles. The molecule has 0 radical (unpaired) electrons. The highest BCUT2D eigenvalue weighted by Crippen LogP contribution is 2.42. The number of amides is 4. The minimum atomic E-state index is -0.943. The minimum absolute atomic E-state index is 0.0827. The SMILES string of the molecule is CC1(C2CC2)NC(=O)N(CC(=O)NC(CCC(=O)O)Cc2ccccc2)C1=O. The van der Waals surface area contributed by atoms with Crippen LogP contribution < -0.4 is 10.6 Å². The average molecular weight is 387 g/mol. The normalized spacial score (nSPS) is 22.7. The number of hydrogen-bond acceptors (Lipinski definition) is 4. The van der Waals surface area contributed by atoms with Crippen molar-refractivity contribution in [2.45, 2.75) is 50.6 Å². The van der Waals surface area contributed by atoms with Gasteiger partial charge in [0.1, 0.15) is 12.1 Å². The Hall–Kier alpha value is -2.90. The van der Waals surface area contributed by atoms with Crippen LogP contribution in [0.15, 0.2) is 30.3 Å². The van der Waals surface area contributed by atoms with Gasteiger partial charge in [-0.2, -0.15) is 0 Å². The molecule has 4 amide bonds. The molecule has 0 bridgehead atoms. The molecule has 1 aromatic rings. The van der Waals surface area contributed by atoms with E-state index in [0.717, 1.165) is 23.3 Å². The first-order valence-corrected chi connectivity index (χ1v) is 9.49. The molecule has 1 aliphatic carbocycles. The van der Waals surface area contributed by atoms with E-state index >= 15 is 0 Å². The highest BCUT2D eigenvalue weighted by atomic mass is 16.4. The Labute approximate surface area is 163 Å². The summed E-state index contributed by atoms with van der Waals surface area (Å²) in [7, 11) is 0. The molecule has 8 nitrogen and oxygen atoms in total. The maximum Gasteiger partial charge on any atom is 0.325 e. The van der Waals surface area contributed by atoms with Gasteiger partial charge in [-0.25, -0.2) is 4.79 Å². The molecule has 3 N–H and O–H groups in total. The molecule has 28 heavy (non-hydrogen) atoms. The van der Waals surface area contributed by atoms with E-state index in [1.165, 1.54) is 0 Å². The Balaban J connectivity index is 1.61. The number of rotatable bonds is 9. The predicted octanol–water partition coefficient (Wildman–Crippen LogP) is 1.30. The van der Waals surface area contributed by atoms with Crippen molar-refractivity contribution in [3.05, 3.63) is 35.9 Å². The van der Waals surface area contributed by atoms with Crippen molar-refractivity contribution in [3.8, 4) is 0 Å². The summed E-state index contributed by atoms with van der Waals surface area (Å²) < 4.78 is 0. The van der Waals surface area contributed by atoms with E-state index in [9.17, 15) is 19.2 Å². The predicted molar refractivity (Wildman–Crippen MR) is 100 cm³/mol. The van der Waals surface area contributed by atoms with Gasteiger partial charge in [0.15, 0.2) is 0 Å². The molecule has 1 heterocycles. The van der Waals surface area contributed by atoms with Gasteiger partial charge in [0.2, 0.25) is 5.91 Å². The molecule has 1 saturated heterocycles. The zero-order valence-corrected chi connectivity index (χ0v) is 15.8. The molecular formula is C20H25N3O5. The van der Waals surface area contributed by atoms with E-state index < -0.39 is 29.5 Å². The lowest BCUT2D eigenvalue weighted by Crippen LogP contribution is -2.48.